The molecule has 1 aromatic heterocycles. The normalized spacial score (nSPS) is 16.1. The number of nitrogens with two attached hydrogens (primary N) is 2. The number of aromatic nitrogens is 2. The summed E-state index contributed by atoms with van der Waals surface area (Å²) in [5.41, 5.74) is 15.0. The summed E-state index contributed by atoms with van der Waals surface area (Å²) < 4.78 is 1.97. The largest absolute Gasteiger partial charge is 0.507 e. The van der Waals surface area contributed by atoms with E-state index in [4.69, 9.17) is 11.5 Å². The Morgan fingerprint density at radius 1 is 1.40 bits per heavy atom. The van der Waals surface area contributed by atoms with Crippen molar-refractivity contribution in [3.05, 3.63) is 35.5 Å². The zero-order chi connectivity index (χ0) is 17.8. The molecule has 7 nitrogen and oxygen atoms in total. The van der Waals surface area contributed by atoms with Crippen LogP contribution in [0.3, 0.4) is 0 Å². The van der Waals surface area contributed by atoms with Gasteiger partial charge in [-0.15, -0.1) is 0 Å². The van der Waals surface area contributed by atoms with Crippen molar-refractivity contribution in [3.63, 3.8) is 0 Å². The molecule has 7 heteroatoms. The third-order valence-corrected chi connectivity index (χ3v) is 4.49. The molecular weight excluding hydrogens is 316 g/mol. The van der Waals surface area contributed by atoms with Crippen molar-refractivity contribution in [2.24, 2.45) is 5.73 Å². The van der Waals surface area contributed by atoms with E-state index in [0.29, 0.717) is 22.8 Å². The van der Waals surface area contributed by atoms with E-state index in [9.17, 15) is 5.11 Å². The van der Waals surface area contributed by atoms with Gasteiger partial charge in [-0.1, -0.05) is 12.1 Å². The lowest BCUT2D eigenvalue weighted by molar-refractivity contribution is 0.342. The van der Waals surface area contributed by atoms with E-state index >= 15 is 0 Å². The van der Waals surface area contributed by atoms with E-state index in [0.717, 1.165) is 38.2 Å². The van der Waals surface area contributed by atoms with E-state index < -0.39 is 0 Å². The number of benzene rings is 1. The summed E-state index contributed by atoms with van der Waals surface area (Å²) in [5, 5.41) is 21.3. The summed E-state index contributed by atoms with van der Waals surface area (Å²) in [5.74, 6) is 0.826. The number of piperidine rings is 1. The number of nitrogens with one attached hydrogen (secondary N) is 2. The molecule has 0 radical (unpaired) electrons. The first-order valence-electron chi connectivity index (χ1n) is 8.70. The van der Waals surface area contributed by atoms with Crippen LogP contribution >= 0.6 is 0 Å². The Kier molecular flexibility index (Phi) is 5.14. The highest BCUT2D eigenvalue weighted by molar-refractivity contribution is 5.86. The van der Waals surface area contributed by atoms with E-state index in [1.165, 1.54) is 0 Å². The Balaban J connectivity index is 2.04. The van der Waals surface area contributed by atoms with Crippen LogP contribution in [0.5, 0.6) is 5.75 Å². The maximum atomic E-state index is 10.0. The van der Waals surface area contributed by atoms with Crippen LogP contribution in [0.2, 0.25) is 0 Å². The van der Waals surface area contributed by atoms with Crippen LogP contribution in [-0.4, -0.2) is 34.5 Å². The molecule has 1 fully saturated rings. The van der Waals surface area contributed by atoms with Gasteiger partial charge in [-0.2, -0.15) is 5.10 Å². The average molecular weight is 342 g/mol. The van der Waals surface area contributed by atoms with Crippen molar-refractivity contribution in [1.29, 1.82) is 0 Å². The summed E-state index contributed by atoms with van der Waals surface area (Å²) >= 11 is 0. The standard InChI is InChI=1S/C18H26N6O/c1-2-22-18-17(20)15(24(23-18)12-7-9-21-10-8-12)11-14(19)13-5-3-4-6-16(13)25/h3-6,11-12,21,25H,2,7-10,19-20H2,1H3,(H,22,23)/b14-11-. The van der Waals surface area contributed by atoms with Gasteiger partial charge in [0.25, 0.3) is 0 Å². The number of nitrogen functional groups attached to an aromatic ring is 1. The fraction of sp³-hybridized carbons (Fsp3) is 0.389. The molecule has 0 atom stereocenters. The summed E-state index contributed by atoms with van der Waals surface area (Å²) in [6, 6.07) is 7.29. The topological polar surface area (TPSA) is 114 Å². The Morgan fingerprint density at radius 2 is 2.12 bits per heavy atom. The fourth-order valence-corrected chi connectivity index (χ4v) is 3.17. The Hall–Kier alpha value is -2.67. The molecule has 0 saturated carbocycles. The SMILES string of the molecule is CCNc1nn(C2CCNCC2)c(/C=C(\N)c2ccccc2O)c1N. The highest BCUT2D eigenvalue weighted by Gasteiger charge is 2.22. The Bertz CT molecular complexity index is 761. The molecule has 1 saturated heterocycles. The minimum Gasteiger partial charge on any atom is -0.507 e. The number of hydrogen-bond donors (Lipinski definition) is 5. The number of aromatic hydroxyl groups is 1. The van der Waals surface area contributed by atoms with E-state index in [1.807, 2.05) is 17.7 Å². The number of rotatable bonds is 5. The molecule has 0 amide bonds. The average Bonchev–Trinajstić information content (AvgIpc) is 2.93. The van der Waals surface area contributed by atoms with Gasteiger partial charge in [-0.05, 0) is 51.1 Å². The fourth-order valence-electron chi connectivity index (χ4n) is 3.17. The van der Waals surface area contributed by atoms with Crippen molar-refractivity contribution in [3.8, 4) is 5.75 Å². The maximum Gasteiger partial charge on any atom is 0.171 e. The van der Waals surface area contributed by atoms with Crippen molar-refractivity contribution in [1.82, 2.24) is 15.1 Å². The molecule has 2 heterocycles. The van der Waals surface area contributed by atoms with Gasteiger partial charge in [0.1, 0.15) is 11.4 Å². The van der Waals surface area contributed by atoms with Crippen LogP contribution in [-0.2, 0) is 0 Å². The lowest BCUT2D eigenvalue weighted by Gasteiger charge is -2.24. The quantitative estimate of drug-likeness (QED) is 0.568. The molecule has 0 aliphatic carbocycles. The van der Waals surface area contributed by atoms with Crippen LogP contribution in [0.1, 0.15) is 37.1 Å². The Labute approximate surface area is 147 Å². The number of phenolic OH excluding ortho intramolecular Hbond substituents is 1. The number of anilines is 2. The van der Waals surface area contributed by atoms with Gasteiger partial charge in [-0.25, -0.2) is 0 Å². The summed E-state index contributed by atoms with van der Waals surface area (Å²) in [4.78, 5) is 0. The second kappa shape index (κ2) is 7.48. The molecule has 0 unspecified atom stereocenters. The first-order valence-corrected chi connectivity index (χ1v) is 8.70. The van der Waals surface area contributed by atoms with Gasteiger partial charge in [0, 0.05) is 17.8 Å². The van der Waals surface area contributed by atoms with Crippen LogP contribution in [0.4, 0.5) is 11.5 Å². The first kappa shape index (κ1) is 17.2. The molecule has 7 N–H and O–H groups in total. The smallest absolute Gasteiger partial charge is 0.171 e. The van der Waals surface area contributed by atoms with Crippen molar-refractivity contribution >= 4 is 23.3 Å². The Morgan fingerprint density at radius 3 is 2.80 bits per heavy atom. The maximum absolute atomic E-state index is 10.0. The van der Waals surface area contributed by atoms with Crippen LogP contribution in [0.25, 0.3) is 11.8 Å². The molecule has 1 aromatic carbocycles. The van der Waals surface area contributed by atoms with E-state index in [2.05, 4.69) is 15.7 Å². The predicted octanol–water partition coefficient (Wildman–Crippen LogP) is 1.98. The zero-order valence-corrected chi connectivity index (χ0v) is 14.5. The predicted molar refractivity (Wildman–Crippen MR) is 102 cm³/mol. The molecule has 2 aromatic rings. The molecular formula is C18H26N6O. The molecule has 134 valence electrons. The molecule has 1 aliphatic rings. The minimum absolute atomic E-state index is 0.148. The second-order valence-electron chi connectivity index (χ2n) is 6.22. The van der Waals surface area contributed by atoms with Gasteiger partial charge in [0.2, 0.25) is 0 Å². The summed E-state index contributed by atoms with van der Waals surface area (Å²) in [7, 11) is 0. The zero-order valence-electron chi connectivity index (χ0n) is 14.5. The summed E-state index contributed by atoms with van der Waals surface area (Å²) in [6.07, 6.45) is 3.79. The van der Waals surface area contributed by atoms with Crippen molar-refractivity contribution in [2.45, 2.75) is 25.8 Å². The van der Waals surface area contributed by atoms with E-state index in [-0.39, 0.29) is 11.8 Å². The third-order valence-electron chi connectivity index (χ3n) is 4.49. The molecule has 3 rings (SSSR count). The lowest BCUT2D eigenvalue weighted by atomic mass is 10.1. The van der Waals surface area contributed by atoms with Crippen molar-refractivity contribution in [2.75, 3.05) is 30.7 Å². The highest BCUT2D eigenvalue weighted by atomic mass is 16.3. The number of nitrogens with zero attached hydrogens (tertiary/aromatic N) is 2. The highest BCUT2D eigenvalue weighted by Crippen LogP contribution is 2.32. The lowest BCUT2D eigenvalue weighted by Crippen LogP contribution is -2.30. The minimum atomic E-state index is 0.148. The first-order chi connectivity index (χ1) is 12.1. The monoisotopic (exact) mass is 342 g/mol. The number of para-hydroxylation sites is 1. The van der Waals surface area contributed by atoms with Crippen molar-refractivity contribution < 1.29 is 5.11 Å². The summed E-state index contributed by atoms with van der Waals surface area (Å²) in [6.45, 7) is 4.67. The van der Waals surface area contributed by atoms with Gasteiger partial charge >= 0.3 is 0 Å². The van der Waals surface area contributed by atoms with Gasteiger partial charge in [0.05, 0.1) is 11.7 Å². The van der Waals surface area contributed by atoms with Crippen LogP contribution < -0.4 is 22.1 Å². The molecule has 0 bridgehead atoms. The van der Waals surface area contributed by atoms with Gasteiger partial charge < -0.3 is 27.2 Å². The number of phenols is 1. The van der Waals surface area contributed by atoms with Crippen LogP contribution in [0.15, 0.2) is 24.3 Å². The molecule has 1 aliphatic heterocycles. The second-order valence-corrected chi connectivity index (χ2v) is 6.22. The van der Waals surface area contributed by atoms with Gasteiger partial charge in [-0.3, -0.25) is 4.68 Å². The number of hydrogen-bond acceptors (Lipinski definition) is 6. The van der Waals surface area contributed by atoms with Gasteiger partial charge in [0.15, 0.2) is 5.82 Å². The van der Waals surface area contributed by atoms with E-state index in [1.54, 1.807) is 24.3 Å². The molecule has 0 spiro atoms. The third kappa shape index (κ3) is 3.56. The molecule has 25 heavy (non-hydrogen) atoms. The van der Waals surface area contributed by atoms with Crippen LogP contribution in [0, 0.1) is 0 Å².